The minimum absolute atomic E-state index is 0.433. The third kappa shape index (κ3) is 1.77. The highest BCUT2D eigenvalue weighted by atomic mass is 16.5. The van der Waals surface area contributed by atoms with Crippen LogP contribution in [-0.2, 0) is 0 Å². The maximum atomic E-state index is 9.31. The molecule has 2 heterocycles. The molecule has 0 amide bonds. The Morgan fingerprint density at radius 2 is 1.83 bits per heavy atom. The Morgan fingerprint density at radius 1 is 1.06 bits per heavy atom. The van der Waals surface area contributed by atoms with Gasteiger partial charge in [0.15, 0.2) is 6.29 Å². The topological polar surface area (TPSA) is 69.1 Å². The van der Waals surface area contributed by atoms with Crippen LogP contribution in [0.15, 0.2) is 48.7 Å². The van der Waals surface area contributed by atoms with Crippen molar-refractivity contribution < 1.29 is 10.2 Å². The molecular weight excluding hydrogens is 228 g/mol. The molecule has 4 heteroatoms. The Morgan fingerprint density at radius 3 is 2.56 bits per heavy atom. The summed E-state index contributed by atoms with van der Waals surface area (Å²) in [5.41, 5.74) is 3.76. The second-order valence-electron chi connectivity index (χ2n) is 4.08. The number of H-pyrrole nitrogens is 1. The molecule has 0 unspecified atom stereocenters. The monoisotopic (exact) mass is 240 g/mol. The van der Waals surface area contributed by atoms with Crippen LogP contribution < -0.4 is 0 Å². The summed E-state index contributed by atoms with van der Waals surface area (Å²) in [4.78, 5) is 7.40. The van der Waals surface area contributed by atoms with E-state index in [1.165, 1.54) is 0 Å². The Balaban J connectivity index is 2.20. The van der Waals surface area contributed by atoms with Crippen molar-refractivity contribution >= 4 is 11.0 Å². The van der Waals surface area contributed by atoms with Gasteiger partial charge < -0.3 is 15.2 Å². The van der Waals surface area contributed by atoms with Crippen LogP contribution in [0.4, 0.5) is 0 Å². The average molecular weight is 240 g/mol. The molecule has 4 nitrogen and oxygen atoms in total. The summed E-state index contributed by atoms with van der Waals surface area (Å²) in [6.07, 6.45) is 0.0671. The van der Waals surface area contributed by atoms with E-state index >= 15 is 0 Å². The normalized spacial score (nSPS) is 11.3. The first kappa shape index (κ1) is 11.0. The molecule has 3 aromatic rings. The van der Waals surface area contributed by atoms with E-state index in [4.69, 9.17) is 0 Å². The van der Waals surface area contributed by atoms with Crippen LogP contribution in [-0.4, -0.2) is 20.2 Å². The van der Waals surface area contributed by atoms with E-state index in [0.717, 1.165) is 16.8 Å². The van der Waals surface area contributed by atoms with E-state index in [1.807, 2.05) is 36.4 Å². The molecule has 90 valence electrons. The highest BCUT2D eigenvalue weighted by molar-refractivity contribution is 5.85. The van der Waals surface area contributed by atoms with Crippen molar-refractivity contribution in [2.24, 2.45) is 0 Å². The molecule has 0 bridgehead atoms. The Labute approximate surface area is 104 Å². The summed E-state index contributed by atoms with van der Waals surface area (Å²) in [6, 6.07) is 13.3. The number of nitrogens with zero attached hydrogens (tertiary/aromatic N) is 1. The van der Waals surface area contributed by atoms with Crippen molar-refractivity contribution in [3.8, 4) is 11.3 Å². The van der Waals surface area contributed by atoms with Crippen LogP contribution in [0.25, 0.3) is 22.3 Å². The van der Waals surface area contributed by atoms with Crippen LogP contribution in [0.1, 0.15) is 11.9 Å². The summed E-state index contributed by atoms with van der Waals surface area (Å²) in [5, 5.41) is 18.6. The Hall–Kier alpha value is -2.17. The van der Waals surface area contributed by atoms with Crippen molar-refractivity contribution in [3.63, 3.8) is 0 Å². The molecule has 1 aromatic carbocycles. The van der Waals surface area contributed by atoms with Gasteiger partial charge in [0.05, 0.1) is 11.0 Å². The molecule has 0 saturated heterocycles. The number of fused-ring (bicyclic) bond motifs is 1. The van der Waals surface area contributed by atoms with Crippen LogP contribution in [0.3, 0.4) is 0 Å². The molecule has 0 fully saturated rings. The van der Waals surface area contributed by atoms with Crippen LogP contribution in [0.2, 0.25) is 0 Å². The number of hydrogen-bond donors (Lipinski definition) is 3. The van der Waals surface area contributed by atoms with Crippen molar-refractivity contribution in [1.29, 1.82) is 0 Å². The first-order valence-electron chi connectivity index (χ1n) is 5.65. The van der Waals surface area contributed by atoms with Gasteiger partial charge in [-0.1, -0.05) is 30.3 Å². The fourth-order valence-corrected chi connectivity index (χ4v) is 2.04. The Bertz CT molecular complexity index is 675. The number of benzene rings is 1. The first-order valence-corrected chi connectivity index (χ1v) is 5.65. The molecule has 0 aliphatic carbocycles. The van der Waals surface area contributed by atoms with Gasteiger partial charge in [0.2, 0.25) is 0 Å². The Kier molecular flexibility index (Phi) is 2.59. The van der Waals surface area contributed by atoms with Crippen LogP contribution in [0.5, 0.6) is 0 Å². The van der Waals surface area contributed by atoms with Gasteiger partial charge in [-0.05, 0) is 17.7 Å². The molecule has 0 spiro atoms. The third-order valence-corrected chi connectivity index (χ3v) is 2.92. The number of aliphatic hydroxyl groups is 2. The molecule has 3 N–H and O–H groups in total. The number of rotatable bonds is 2. The zero-order chi connectivity index (χ0) is 12.5. The zero-order valence-corrected chi connectivity index (χ0v) is 9.54. The third-order valence-electron chi connectivity index (χ3n) is 2.92. The molecule has 18 heavy (non-hydrogen) atoms. The van der Waals surface area contributed by atoms with Gasteiger partial charge in [-0.25, -0.2) is 0 Å². The first-order chi connectivity index (χ1) is 8.75. The van der Waals surface area contributed by atoms with Gasteiger partial charge in [0.25, 0.3) is 0 Å². The molecule has 0 aliphatic heterocycles. The lowest BCUT2D eigenvalue weighted by atomic mass is 10.1. The van der Waals surface area contributed by atoms with Crippen molar-refractivity contribution in [3.05, 3.63) is 54.2 Å². The predicted molar refractivity (Wildman–Crippen MR) is 68.7 cm³/mol. The maximum Gasteiger partial charge on any atom is 0.180 e. The van der Waals surface area contributed by atoms with Gasteiger partial charge in [0, 0.05) is 17.5 Å². The lowest BCUT2D eigenvalue weighted by Gasteiger charge is -2.03. The summed E-state index contributed by atoms with van der Waals surface area (Å²) >= 11 is 0. The largest absolute Gasteiger partial charge is 0.364 e. The van der Waals surface area contributed by atoms with E-state index in [0.29, 0.717) is 11.1 Å². The second-order valence-corrected chi connectivity index (χ2v) is 4.08. The number of pyridine rings is 1. The molecule has 0 aliphatic rings. The van der Waals surface area contributed by atoms with E-state index in [1.54, 1.807) is 12.3 Å². The van der Waals surface area contributed by atoms with Crippen molar-refractivity contribution in [1.82, 2.24) is 9.97 Å². The molecule has 3 rings (SSSR count). The molecule has 0 radical (unpaired) electrons. The number of hydrogen-bond acceptors (Lipinski definition) is 3. The summed E-state index contributed by atoms with van der Waals surface area (Å²) in [5.74, 6) is 0. The molecular formula is C14H12N2O2. The second kappa shape index (κ2) is 4.25. The SMILES string of the molecule is OC(O)c1ccnc2cc(-c3ccccc3)[nH]c12. The average Bonchev–Trinajstić information content (AvgIpc) is 2.83. The van der Waals surface area contributed by atoms with Gasteiger partial charge in [-0.2, -0.15) is 0 Å². The van der Waals surface area contributed by atoms with Gasteiger partial charge in [0.1, 0.15) is 0 Å². The van der Waals surface area contributed by atoms with E-state index in [2.05, 4.69) is 9.97 Å². The van der Waals surface area contributed by atoms with Gasteiger partial charge in [-0.15, -0.1) is 0 Å². The minimum atomic E-state index is -1.50. The number of aromatic nitrogens is 2. The van der Waals surface area contributed by atoms with Crippen LogP contribution in [0, 0.1) is 0 Å². The van der Waals surface area contributed by atoms with Gasteiger partial charge >= 0.3 is 0 Å². The smallest absolute Gasteiger partial charge is 0.180 e. The van der Waals surface area contributed by atoms with E-state index < -0.39 is 6.29 Å². The standard InChI is InChI=1S/C14H12N2O2/c17-14(18)10-6-7-15-12-8-11(16-13(10)12)9-4-2-1-3-5-9/h1-8,14,16-18H. The lowest BCUT2D eigenvalue weighted by Crippen LogP contribution is -1.96. The summed E-state index contributed by atoms with van der Waals surface area (Å²) in [7, 11) is 0. The maximum absolute atomic E-state index is 9.31. The highest BCUT2D eigenvalue weighted by Crippen LogP contribution is 2.26. The highest BCUT2D eigenvalue weighted by Gasteiger charge is 2.11. The fraction of sp³-hybridized carbons (Fsp3) is 0.0714. The molecule has 0 atom stereocenters. The molecule has 0 saturated carbocycles. The summed E-state index contributed by atoms with van der Waals surface area (Å²) < 4.78 is 0. The lowest BCUT2D eigenvalue weighted by molar-refractivity contribution is -0.0414. The zero-order valence-electron chi connectivity index (χ0n) is 9.54. The number of aromatic amines is 1. The fourth-order valence-electron chi connectivity index (χ4n) is 2.04. The summed E-state index contributed by atoms with van der Waals surface area (Å²) in [6.45, 7) is 0. The van der Waals surface area contributed by atoms with Crippen molar-refractivity contribution in [2.45, 2.75) is 6.29 Å². The quantitative estimate of drug-likeness (QED) is 0.601. The predicted octanol–water partition coefficient (Wildman–Crippen LogP) is 2.21. The number of nitrogens with one attached hydrogen (secondary N) is 1. The minimum Gasteiger partial charge on any atom is -0.364 e. The molecule has 2 aromatic heterocycles. The van der Waals surface area contributed by atoms with Crippen molar-refractivity contribution in [2.75, 3.05) is 0 Å². The van der Waals surface area contributed by atoms with Gasteiger partial charge in [-0.3, -0.25) is 4.98 Å². The van der Waals surface area contributed by atoms with Crippen LogP contribution >= 0.6 is 0 Å². The number of aliphatic hydroxyl groups excluding tert-OH is 1. The van der Waals surface area contributed by atoms with E-state index in [-0.39, 0.29) is 0 Å². The van der Waals surface area contributed by atoms with E-state index in [9.17, 15) is 10.2 Å².